The van der Waals surface area contributed by atoms with Crippen LogP contribution < -0.4 is 10.1 Å². The van der Waals surface area contributed by atoms with E-state index in [-0.39, 0.29) is 11.7 Å². The van der Waals surface area contributed by atoms with Gasteiger partial charge >= 0.3 is 0 Å². The van der Waals surface area contributed by atoms with E-state index in [1.807, 2.05) is 6.92 Å². The molecule has 1 aromatic heterocycles. The van der Waals surface area contributed by atoms with Crippen LogP contribution in [0.1, 0.15) is 24.5 Å². The maximum absolute atomic E-state index is 13.5. The Labute approximate surface area is 123 Å². The van der Waals surface area contributed by atoms with Crippen LogP contribution in [-0.4, -0.2) is 11.5 Å². The van der Waals surface area contributed by atoms with Crippen molar-refractivity contribution in [2.75, 3.05) is 6.54 Å². The molecule has 5 heteroatoms. The number of ether oxygens (including phenoxy) is 1. The Balaban J connectivity index is 2.19. The average molecular weight is 292 g/mol. The number of hydrogen-bond donors (Lipinski definition) is 1. The zero-order chi connectivity index (χ0) is 15.2. The lowest BCUT2D eigenvalue weighted by Crippen LogP contribution is -2.15. The Kier molecular flexibility index (Phi) is 5.22. The van der Waals surface area contributed by atoms with Crippen molar-refractivity contribution >= 4 is 0 Å². The third-order valence-corrected chi connectivity index (χ3v) is 2.99. The Bertz CT molecular complexity index is 617. The number of halogens is 2. The number of nitrogens with one attached hydrogen (secondary N) is 1. The first-order chi connectivity index (χ1) is 10.1. The van der Waals surface area contributed by atoms with Crippen LogP contribution in [0.2, 0.25) is 0 Å². The second kappa shape index (κ2) is 7.13. The van der Waals surface area contributed by atoms with Crippen molar-refractivity contribution in [2.45, 2.75) is 26.8 Å². The molecule has 0 fully saturated rings. The smallest absolute Gasteiger partial charge is 0.223 e. The molecule has 0 bridgehead atoms. The van der Waals surface area contributed by atoms with E-state index in [9.17, 15) is 8.78 Å². The standard InChI is InChI=1S/C16H18F2N2O/c1-3-6-19-9-12-7-13(17)10-20-16(12)21-14-5-4-11(2)15(18)8-14/h4-5,7-8,10,19H,3,6,9H2,1-2H3. The molecule has 3 nitrogen and oxygen atoms in total. The lowest BCUT2D eigenvalue weighted by atomic mass is 10.2. The van der Waals surface area contributed by atoms with Crippen LogP contribution in [-0.2, 0) is 6.54 Å². The van der Waals surface area contributed by atoms with Crippen molar-refractivity contribution in [2.24, 2.45) is 0 Å². The van der Waals surface area contributed by atoms with Gasteiger partial charge in [0.15, 0.2) is 0 Å². The third kappa shape index (κ3) is 4.23. The van der Waals surface area contributed by atoms with E-state index >= 15 is 0 Å². The summed E-state index contributed by atoms with van der Waals surface area (Å²) in [5, 5.41) is 3.16. The summed E-state index contributed by atoms with van der Waals surface area (Å²) in [7, 11) is 0. The summed E-state index contributed by atoms with van der Waals surface area (Å²) in [6.07, 6.45) is 2.06. The fraction of sp³-hybridized carbons (Fsp3) is 0.312. The van der Waals surface area contributed by atoms with Crippen LogP contribution in [0.4, 0.5) is 8.78 Å². The minimum absolute atomic E-state index is 0.281. The fourth-order valence-electron chi connectivity index (χ4n) is 1.84. The van der Waals surface area contributed by atoms with Gasteiger partial charge in [0.1, 0.15) is 17.4 Å². The van der Waals surface area contributed by atoms with E-state index in [0.29, 0.717) is 23.4 Å². The maximum atomic E-state index is 13.5. The topological polar surface area (TPSA) is 34.2 Å². The van der Waals surface area contributed by atoms with Gasteiger partial charge in [0.05, 0.1) is 6.20 Å². The van der Waals surface area contributed by atoms with E-state index in [2.05, 4.69) is 10.3 Å². The molecule has 112 valence electrons. The minimum Gasteiger partial charge on any atom is -0.439 e. The molecule has 2 aromatic rings. The highest BCUT2D eigenvalue weighted by atomic mass is 19.1. The SMILES string of the molecule is CCCNCc1cc(F)cnc1Oc1ccc(C)c(F)c1. The molecular weight excluding hydrogens is 274 g/mol. The minimum atomic E-state index is -0.425. The predicted molar refractivity (Wildman–Crippen MR) is 77.4 cm³/mol. The summed E-state index contributed by atoms with van der Waals surface area (Å²) in [5.41, 5.74) is 1.14. The van der Waals surface area contributed by atoms with Crippen molar-refractivity contribution in [3.8, 4) is 11.6 Å². The number of benzene rings is 1. The monoisotopic (exact) mass is 292 g/mol. The van der Waals surface area contributed by atoms with Crippen molar-refractivity contribution in [3.05, 3.63) is 53.2 Å². The van der Waals surface area contributed by atoms with Gasteiger partial charge in [-0.3, -0.25) is 0 Å². The molecule has 2 rings (SSSR count). The first kappa shape index (κ1) is 15.4. The largest absolute Gasteiger partial charge is 0.439 e. The summed E-state index contributed by atoms with van der Waals surface area (Å²) in [5.74, 6) is -0.150. The molecule has 1 heterocycles. The average Bonchev–Trinajstić information content (AvgIpc) is 2.46. The quantitative estimate of drug-likeness (QED) is 0.818. The van der Waals surface area contributed by atoms with Gasteiger partial charge < -0.3 is 10.1 Å². The maximum Gasteiger partial charge on any atom is 0.223 e. The molecular formula is C16H18F2N2O. The fourth-order valence-corrected chi connectivity index (χ4v) is 1.84. The number of pyridine rings is 1. The highest BCUT2D eigenvalue weighted by Gasteiger charge is 2.09. The molecule has 0 aliphatic carbocycles. The van der Waals surface area contributed by atoms with Crippen LogP contribution >= 0.6 is 0 Å². The number of aryl methyl sites for hydroxylation is 1. The van der Waals surface area contributed by atoms with Gasteiger partial charge in [-0.25, -0.2) is 13.8 Å². The molecule has 0 spiro atoms. The van der Waals surface area contributed by atoms with Crippen LogP contribution in [0.3, 0.4) is 0 Å². The second-order valence-corrected chi connectivity index (χ2v) is 4.81. The lowest BCUT2D eigenvalue weighted by molar-refractivity contribution is 0.444. The Morgan fingerprint density at radius 3 is 2.76 bits per heavy atom. The molecule has 0 radical (unpaired) electrons. The second-order valence-electron chi connectivity index (χ2n) is 4.81. The first-order valence-corrected chi connectivity index (χ1v) is 6.89. The van der Waals surface area contributed by atoms with E-state index in [1.165, 1.54) is 12.1 Å². The van der Waals surface area contributed by atoms with Crippen LogP contribution in [0.5, 0.6) is 11.6 Å². The normalized spacial score (nSPS) is 10.7. The van der Waals surface area contributed by atoms with Gasteiger partial charge in [0.25, 0.3) is 0 Å². The first-order valence-electron chi connectivity index (χ1n) is 6.89. The van der Waals surface area contributed by atoms with Crippen LogP contribution in [0.15, 0.2) is 30.5 Å². The van der Waals surface area contributed by atoms with Gasteiger partial charge in [-0.1, -0.05) is 13.0 Å². The van der Waals surface area contributed by atoms with E-state index < -0.39 is 5.82 Å². The van der Waals surface area contributed by atoms with Gasteiger partial charge in [0, 0.05) is 18.2 Å². The van der Waals surface area contributed by atoms with E-state index in [4.69, 9.17) is 4.74 Å². The van der Waals surface area contributed by atoms with Crippen molar-refractivity contribution in [1.29, 1.82) is 0 Å². The summed E-state index contributed by atoms with van der Waals surface area (Å²) >= 11 is 0. The number of hydrogen-bond acceptors (Lipinski definition) is 3. The van der Waals surface area contributed by atoms with Gasteiger partial charge in [0.2, 0.25) is 5.88 Å². The molecule has 0 atom stereocenters. The number of nitrogens with zero attached hydrogens (tertiary/aromatic N) is 1. The summed E-state index contributed by atoms with van der Waals surface area (Å²) in [4.78, 5) is 3.94. The van der Waals surface area contributed by atoms with Gasteiger partial charge in [-0.05, 0) is 37.6 Å². The van der Waals surface area contributed by atoms with Crippen molar-refractivity contribution < 1.29 is 13.5 Å². The molecule has 0 amide bonds. The molecule has 0 unspecified atom stereocenters. The zero-order valence-electron chi connectivity index (χ0n) is 12.1. The molecule has 0 aliphatic rings. The number of aromatic nitrogens is 1. The zero-order valence-corrected chi connectivity index (χ0v) is 12.1. The van der Waals surface area contributed by atoms with Crippen molar-refractivity contribution in [1.82, 2.24) is 10.3 Å². The third-order valence-electron chi connectivity index (χ3n) is 2.99. The predicted octanol–water partition coefficient (Wildman–Crippen LogP) is 3.96. The molecule has 0 aliphatic heterocycles. The molecule has 1 aromatic carbocycles. The van der Waals surface area contributed by atoms with E-state index in [0.717, 1.165) is 19.2 Å². The highest BCUT2D eigenvalue weighted by molar-refractivity contribution is 5.34. The molecule has 1 N–H and O–H groups in total. The molecule has 0 saturated heterocycles. The summed E-state index contributed by atoms with van der Waals surface area (Å²) in [6.45, 7) is 4.98. The molecule has 21 heavy (non-hydrogen) atoms. The van der Waals surface area contributed by atoms with Crippen LogP contribution in [0, 0.1) is 18.6 Å². The van der Waals surface area contributed by atoms with Gasteiger partial charge in [-0.2, -0.15) is 0 Å². The Morgan fingerprint density at radius 1 is 1.24 bits per heavy atom. The molecule has 0 saturated carbocycles. The van der Waals surface area contributed by atoms with E-state index in [1.54, 1.807) is 19.1 Å². The Morgan fingerprint density at radius 2 is 2.05 bits per heavy atom. The lowest BCUT2D eigenvalue weighted by Gasteiger charge is -2.11. The summed E-state index contributed by atoms with van der Waals surface area (Å²) in [6, 6.07) is 5.95. The van der Waals surface area contributed by atoms with Crippen molar-refractivity contribution in [3.63, 3.8) is 0 Å². The van der Waals surface area contributed by atoms with Crippen LogP contribution in [0.25, 0.3) is 0 Å². The van der Waals surface area contributed by atoms with Gasteiger partial charge in [-0.15, -0.1) is 0 Å². The Hall–Kier alpha value is -2.01. The highest BCUT2D eigenvalue weighted by Crippen LogP contribution is 2.25. The summed E-state index contributed by atoms with van der Waals surface area (Å²) < 4.78 is 32.4. The number of rotatable bonds is 6.